The summed E-state index contributed by atoms with van der Waals surface area (Å²) in [5.41, 5.74) is 12.7. The minimum Gasteiger partial charge on any atom is -0.494 e. The summed E-state index contributed by atoms with van der Waals surface area (Å²) >= 11 is 0. The number of anilines is 2. The van der Waals surface area contributed by atoms with Crippen molar-refractivity contribution in [1.29, 1.82) is 0 Å². The summed E-state index contributed by atoms with van der Waals surface area (Å²) in [4.78, 5) is 0. The van der Waals surface area contributed by atoms with Gasteiger partial charge in [0.25, 0.3) is 0 Å². The second-order valence-corrected chi connectivity index (χ2v) is 12.7. The number of ether oxygens (including phenoxy) is 2. The Morgan fingerprint density at radius 1 is 0.512 bits per heavy atom. The zero-order valence-corrected chi connectivity index (χ0v) is 25.5. The highest BCUT2D eigenvalue weighted by Gasteiger charge is 2.37. The molecule has 1 N–H and O–H groups in total. The van der Waals surface area contributed by atoms with Gasteiger partial charge in [0.2, 0.25) is 0 Å². The van der Waals surface area contributed by atoms with E-state index in [0.717, 1.165) is 61.8 Å². The predicted molar refractivity (Wildman–Crippen MR) is 172 cm³/mol. The molecule has 0 saturated heterocycles. The van der Waals surface area contributed by atoms with E-state index >= 15 is 0 Å². The van der Waals surface area contributed by atoms with Crippen molar-refractivity contribution in [2.75, 3.05) is 18.5 Å². The molecule has 0 amide bonds. The summed E-state index contributed by atoms with van der Waals surface area (Å²) in [6, 6.07) is 26.8. The van der Waals surface area contributed by atoms with Gasteiger partial charge < -0.3 is 14.8 Å². The summed E-state index contributed by atoms with van der Waals surface area (Å²) in [6.07, 6.45) is 4.44. The van der Waals surface area contributed by atoms with Crippen molar-refractivity contribution in [3.8, 4) is 33.8 Å². The van der Waals surface area contributed by atoms with Crippen LogP contribution < -0.4 is 14.8 Å². The molecule has 3 heteroatoms. The normalized spacial score (nSPS) is 15.1. The van der Waals surface area contributed by atoms with Crippen LogP contribution in [0.3, 0.4) is 0 Å². The van der Waals surface area contributed by atoms with Gasteiger partial charge in [-0.2, -0.15) is 0 Å². The predicted octanol–water partition coefficient (Wildman–Crippen LogP) is 10.4. The Morgan fingerprint density at radius 2 is 0.878 bits per heavy atom. The molecule has 0 aromatic heterocycles. The number of hydrogen-bond acceptors (Lipinski definition) is 3. The van der Waals surface area contributed by atoms with Crippen molar-refractivity contribution >= 4 is 11.4 Å². The van der Waals surface area contributed by atoms with E-state index in [-0.39, 0.29) is 10.8 Å². The van der Waals surface area contributed by atoms with E-state index in [4.69, 9.17) is 9.47 Å². The van der Waals surface area contributed by atoms with Crippen LogP contribution in [0.5, 0.6) is 11.5 Å². The summed E-state index contributed by atoms with van der Waals surface area (Å²) in [5.74, 6) is 1.94. The highest BCUT2D eigenvalue weighted by atomic mass is 16.5. The third kappa shape index (κ3) is 4.80. The van der Waals surface area contributed by atoms with Gasteiger partial charge in [0.05, 0.1) is 13.2 Å². The molecule has 0 saturated carbocycles. The Balaban J connectivity index is 1.25. The zero-order valence-electron chi connectivity index (χ0n) is 25.5. The van der Waals surface area contributed by atoms with E-state index < -0.39 is 0 Å². The third-order valence-corrected chi connectivity index (χ3v) is 9.12. The second-order valence-electron chi connectivity index (χ2n) is 12.7. The maximum absolute atomic E-state index is 6.05. The highest BCUT2D eigenvalue weighted by molar-refractivity contribution is 5.85. The first kappa shape index (κ1) is 27.4. The van der Waals surface area contributed by atoms with Gasteiger partial charge in [0.15, 0.2) is 0 Å². The fraction of sp³-hybridized carbons (Fsp3) is 0.368. The lowest BCUT2D eigenvalue weighted by molar-refractivity contribution is 0.308. The Kier molecular flexibility index (Phi) is 7.09. The summed E-state index contributed by atoms with van der Waals surface area (Å²) < 4.78 is 12.1. The standard InChI is InChI=1S/C38H43NO2/c1-7-9-19-40-27-13-17-31-29-15-11-25(21-33(29)37(3,4)35(31)23-27)39-26-12-16-30-32-18-14-28(41-20-10-8-2)24-36(32)38(5,6)34(30)22-26/h11-18,21-24,39H,7-10,19-20H2,1-6H3. The smallest absolute Gasteiger partial charge is 0.119 e. The van der Waals surface area contributed by atoms with Crippen LogP contribution >= 0.6 is 0 Å². The van der Waals surface area contributed by atoms with Gasteiger partial charge in [-0.15, -0.1) is 0 Å². The first-order chi connectivity index (χ1) is 19.7. The number of unbranched alkanes of at least 4 members (excludes halogenated alkanes) is 2. The van der Waals surface area contributed by atoms with E-state index in [2.05, 4.69) is 120 Å². The fourth-order valence-electron chi connectivity index (χ4n) is 6.60. The van der Waals surface area contributed by atoms with Crippen molar-refractivity contribution < 1.29 is 9.47 Å². The van der Waals surface area contributed by atoms with Crippen LogP contribution in [-0.4, -0.2) is 13.2 Å². The fourth-order valence-corrected chi connectivity index (χ4v) is 6.60. The van der Waals surface area contributed by atoms with Crippen molar-refractivity contribution in [2.24, 2.45) is 0 Å². The number of hydrogen-bond donors (Lipinski definition) is 1. The van der Waals surface area contributed by atoms with Gasteiger partial charge in [-0.1, -0.05) is 78.6 Å². The monoisotopic (exact) mass is 545 g/mol. The van der Waals surface area contributed by atoms with Gasteiger partial charge in [0, 0.05) is 22.2 Å². The van der Waals surface area contributed by atoms with E-state index in [1.54, 1.807) is 0 Å². The van der Waals surface area contributed by atoms with Crippen LogP contribution in [0.1, 0.15) is 89.5 Å². The van der Waals surface area contributed by atoms with Gasteiger partial charge in [-0.3, -0.25) is 0 Å². The molecule has 0 heterocycles. The van der Waals surface area contributed by atoms with Gasteiger partial charge in [-0.05, 0) is 106 Å². The summed E-state index contributed by atoms with van der Waals surface area (Å²) in [6.45, 7) is 15.2. The molecule has 6 rings (SSSR count). The lowest BCUT2D eigenvalue weighted by Crippen LogP contribution is -2.16. The molecule has 4 aromatic carbocycles. The molecule has 0 aliphatic heterocycles. The largest absolute Gasteiger partial charge is 0.494 e. The SMILES string of the molecule is CCCCOc1ccc2c(c1)C(C)(C)c1cc(Nc3ccc4c(c3)C(C)(C)c3cc(OCCCC)ccc3-4)ccc1-2. The molecule has 212 valence electrons. The molecule has 0 unspecified atom stereocenters. The topological polar surface area (TPSA) is 30.5 Å². The first-order valence-electron chi connectivity index (χ1n) is 15.4. The average molecular weight is 546 g/mol. The summed E-state index contributed by atoms with van der Waals surface area (Å²) in [5, 5.41) is 3.73. The first-order valence-corrected chi connectivity index (χ1v) is 15.4. The number of rotatable bonds is 10. The molecule has 2 aliphatic carbocycles. The third-order valence-electron chi connectivity index (χ3n) is 9.12. The van der Waals surface area contributed by atoms with Crippen LogP contribution in [-0.2, 0) is 10.8 Å². The molecule has 4 aromatic rings. The number of fused-ring (bicyclic) bond motifs is 6. The summed E-state index contributed by atoms with van der Waals surface area (Å²) in [7, 11) is 0. The molecule has 0 radical (unpaired) electrons. The van der Waals surface area contributed by atoms with Gasteiger partial charge in [-0.25, -0.2) is 0 Å². The van der Waals surface area contributed by atoms with Crippen LogP contribution in [0.2, 0.25) is 0 Å². The Morgan fingerprint density at radius 3 is 1.27 bits per heavy atom. The molecular weight excluding hydrogens is 502 g/mol. The number of benzene rings is 4. The Labute approximate surface area is 245 Å². The van der Waals surface area contributed by atoms with E-state index in [9.17, 15) is 0 Å². The molecule has 41 heavy (non-hydrogen) atoms. The van der Waals surface area contributed by atoms with Gasteiger partial charge >= 0.3 is 0 Å². The van der Waals surface area contributed by atoms with Crippen molar-refractivity contribution in [2.45, 2.75) is 78.1 Å². The Hall–Kier alpha value is -3.72. The molecule has 0 bridgehead atoms. The average Bonchev–Trinajstić information content (AvgIpc) is 3.32. The van der Waals surface area contributed by atoms with Crippen molar-refractivity contribution in [3.05, 3.63) is 95.1 Å². The van der Waals surface area contributed by atoms with E-state index in [0.29, 0.717) is 0 Å². The Bertz CT molecular complexity index is 1480. The van der Waals surface area contributed by atoms with Crippen LogP contribution in [0.4, 0.5) is 11.4 Å². The van der Waals surface area contributed by atoms with E-state index in [1.807, 2.05) is 0 Å². The minimum absolute atomic E-state index is 0.0923. The highest BCUT2D eigenvalue weighted by Crippen LogP contribution is 2.52. The molecule has 2 aliphatic rings. The maximum Gasteiger partial charge on any atom is 0.119 e. The van der Waals surface area contributed by atoms with Gasteiger partial charge in [0.1, 0.15) is 11.5 Å². The lowest BCUT2D eigenvalue weighted by Gasteiger charge is -2.23. The maximum atomic E-state index is 6.05. The van der Waals surface area contributed by atoms with Crippen LogP contribution in [0.25, 0.3) is 22.3 Å². The molecular formula is C38H43NO2. The van der Waals surface area contributed by atoms with Crippen LogP contribution in [0, 0.1) is 0 Å². The second kappa shape index (κ2) is 10.6. The number of nitrogens with one attached hydrogen (secondary N) is 1. The van der Waals surface area contributed by atoms with Crippen LogP contribution in [0.15, 0.2) is 72.8 Å². The zero-order chi connectivity index (χ0) is 28.8. The molecule has 0 spiro atoms. The van der Waals surface area contributed by atoms with Crippen molar-refractivity contribution in [1.82, 2.24) is 0 Å². The molecule has 0 fully saturated rings. The van der Waals surface area contributed by atoms with E-state index in [1.165, 1.54) is 44.5 Å². The minimum atomic E-state index is -0.0923. The molecule has 0 atom stereocenters. The lowest BCUT2D eigenvalue weighted by atomic mass is 9.82. The quantitative estimate of drug-likeness (QED) is 0.201. The van der Waals surface area contributed by atoms with Crippen molar-refractivity contribution in [3.63, 3.8) is 0 Å². The molecule has 3 nitrogen and oxygen atoms in total.